The average Bonchev–Trinajstić information content (AvgIpc) is 2.36. The van der Waals surface area contributed by atoms with Gasteiger partial charge in [0.25, 0.3) is 0 Å². The standard InChI is InChI=1S/C11H10N2/c12-11-7-6-10(8-13-11)9-4-2-1-3-5-9/h1-8H,(H2,12,13)/i1D,2D,3D,4D,5D. The Morgan fingerprint density at radius 3 is 2.46 bits per heavy atom. The van der Waals surface area contributed by atoms with Crippen LogP contribution in [0.25, 0.3) is 11.1 Å². The third kappa shape index (κ3) is 1.67. The van der Waals surface area contributed by atoms with Crippen molar-refractivity contribution in [1.82, 2.24) is 4.98 Å². The smallest absolute Gasteiger partial charge is 0.123 e. The molecule has 0 atom stereocenters. The van der Waals surface area contributed by atoms with E-state index in [1.807, 2.05) is 0 Å². The largest absolute Gasteiger partial charge is 0.384 e. The van der Waals surface area contributed by atoms with Crippen molar-refractivity contribution >= 4 is 5.82 Å². The fraction of sp³-hybridized carbons (Fsp3) is 0. The SMILES string of the molecule is [2H]c1c([2H])c([2H])c(-c2ccc(N)nc2)c([2H])c1[2H]. The van der Waals surface area contributed by atoms with Crippen molar-refractivity contribution in [3.05, 3.63) is 48.5 Å². The molecule has 0 radical (unpaired) electrons. The van der Waals surface area contributed by atoms with Gasteiger partial charge in [0, 0.05) is 11.8 Å². The number of rotatable bonds is 1. The first kappa shape index (κ1) is 3.92. The van der Waals surface area contributed by atoms with Crippen LogP contribution in [-0.4, -0.2) is 4.98 Å². The highest BCUT2D eigenvalue weighted by Gasteiger charge is 1.95. The molecule has 2 nitrogen and oxygen atoms in total. The molecule has 2 aromatic rings. The highest BCUT2D eigenvalue weighted by molar-refractivity contribution is 5.63. The van der Waals surface area contributed by atoms with Gasteiger partial charge in [0.2, 0.25) is 0 Å². The predicted octanol–water partition coefficient (Wildman–Crippen LogP) is 2.33. The lowest BCUT2D eigenvalue weighted by Gasteiger charge is -1.99. The summed E-state index contributed by atoms with van der Waals surface area (Å²) in [6, 6.07) is 1.50. The number of benzene rings is 1. The summed E-state index contributed by atoms with van der Waals surface area (Å²) in [6.07, 6.45) is 1.39. The molecule has 0 bridgehead atoms. The molecule has 2 rings (SSSR count). The Morgan fingerprint density at radius 1 is 1.08 bits per heavy atom. The monoisotopic (exact) mass is 175 g/mol. The van der Waals surface area contributed by atoms with Crippen LogP contribution in [0.4, 0.5) is 5.82 Å². The fourth-order valence-electron chi connectivity index (χ4n) is 0.948. The van der Waals surface area contributed by atoms with Crippen molar-refractivity contribution in [2.24, 2.45) is 0 Å². The zero-order valence-corrected chi connectivity index (χ0v) is 6.76. The normalized spacial score (nSPS) is 15.2. The van der Waals surface area contributed by atoms with E-state index >= 15 is 0 Å². The number of nitrogens with zero attached hydrogens (tertiary/aromatic N) is 1. The summed E-state index contributed by atoms with van der Waals surface area (Å²) in [5, 5.41) is 0. The van der Waals surface area contributed by atoms with Crippen LogP contribution in [0.2, 0.25) is 0 Å². The van der Waals surface area contributed by atoms with Crippen molar-refractivity contribution < 1.29 is 6.85 Å². The van der Waals surface area contributed by atoms with E-state index < -0.39 is 6.04 Å². The molecule has 0 amide bonds. The van der Waals surface area contributed by atoms with Gasteiger partial charge in [0.1, 0.15) is 5.82 Å². The van der Waals surface area contributed by atoms with E-state index in [0.29, 0.717) is 11.4 Å². The second-order valence-electron chi connectivity index (χ2n) is 2.47. The van der Waals surface area contributed by atoms with E-state index in [4.69, 9.17) is 12.6 Å². The van der Waals surface area contributed by atoms with E-state index in [-0.39, 0.29) is 29.7 Å². The molecule has 0 saturated heterocycles. The maximum absolute atomic E-state index is 7.79. The molecular weight excluding hydrogens is 160 g/mol. The van der Waals surface area contributed by atoms with Crippen LogP contribution >= 0.6 is 0 Å². The number of hydrogen-bond acceptors (Lipinski definition) is 2. The van der Waals surface area contributed by atoms with E-state index in [2.05, 4.69) is 4.98 Å². The van der Waals surface area contributed by atoms with E-state index in [1.54, 1.807) is 6.07 Å². The molecule has 1 aromatic carbocycles. The van der Waals surface area contributed by atoms with Crippen LogP contribution in [-0.2, 0) is 0 Å². The maximum Gasteiger partial charge on any atom is 0.123 e. The average molecular weight is 175 g/mol. The van der Waals surface area contributed by atoms with Gasteiger partial charge in [0.05, 0.1) is 6.85 Å². The van der Waals surface area contributed by atoms with Crippen molar-refractivity contribution in [2.75, 3.05) is 5.73 Å². The quantitative estimate of drug-likeness (QED) is 0.722. The number of hydrogen-bond donors (Lipinski definition) is 1. The third-order valence-electron chi connectivity index (χ3n) is 1.58. The van der Waals surface area contributed by atoms with Crippen LogP contribution in [0.3, 0.4) is 0 Å². The minimum atomic E-state index is -0.405. The van der Waals surface area contributed by atoms with E-state index in [1.165, 1.54) is 12.3 Å². The molecule has 13 heavy (non-hydrogen) atoms. The summed E-state index contributed by atoms with van der Waals surface area (Å²) in [5.74, 6) is 0.311. The minimum Gasteiger partial charge on any atom is -0.384 e. The van der Waals surface area contributed by atoms with Crippen LogP contribution in [0.5, 0.6) is 0 Å². The minimum absolute atomic E-state index is 0.133. The summed E-state index contributed by atoms with van der Waals surface area (Å²) < 4.78 is 38.2. The lowest BCUT2D eigenvalue weighted by molar-refractivity contribution is 1.34. The van der Waals surface area contributed by atoms with Gasteiger partial charge in [-0.05, 0) is 17.7 Å². The fourth-order valence-corrected chi connectivity index (χ4v) is 0.948. The Balaban J connectivity index is 2.75. The Bertz CT molecular complexity index is 581. The number of aromatic nitrogens is 1. The molecule has 1 aromatic heterocycles. The summed E-state index contributed by atoms with van der Waals surface area (Å²) in [7, 11) is 0. The molecule has 0 aliphatic carbocycles. The van der Waals surface area contributed by atoms with Crippen LogP contribution < -0.4 is 5.73 Å². The third-order valence-corrected chi connectivity index (χ3v) is 1.58. The number of nitrogen functional groups attached to an aromatic ring is 1. The van der Waals surface area contributed by atoms with Crippen LogP contribution in [0.15, 0.2) is 48.5 Å². The molecule has 64 valence electrons. The first-order valence-corrected chi connectivity index (χ1v) is 3.72. The summed E-state index contributed by atoms with van der Waals surface area (Å²) in [4.78, 5) is 3.86. The van der Waals surface area contributed by atoms with Gasteiger partial charge >= 0.3 is 0 Å². The van der Waals surface area contributed by atoms with Gasteiger partial charge in [-0.15, -0.1) is 0 Å². The Morgan fingerprint density at radius 2 is 1.85 bits per heavy atom. The zero-order chi connectivity index (χ0) is 13.4. The molecule has 2 heteroatoms. The number of pyridine rings is 1. The summed E-state index contributed by atoms with van der Waals surface area (Å²) in [5.41, 5.74) is 6.03. The molecule has 0 spiro atoms. The lowest BCUT2D eigenvalue weighted by Crippen LogP contribution is -1.88. The molecule has 0 aliphatic rings. The zero-order valence-electron chi connectivity index (χ0n) is 11.8. The van der Waals surface area contributed by atoms with Gasteiger partial charge in [-0.3, -0.25) is 0 Å². The van der Waals surface area contributed by atoms with Crippen molar-refractivity contribution in [2.45, 2.75) is 0 Å². The maximum atomic E-state index is 7.79. The highest BCUT2D eigenvalue weighted by Crippen LogP contribution is 2.17. The van der Waals surface area contributed by atoms with Crippen LogP contribution in [0, 0.1) is 0 Å². The molecule has 0 saturated carbocycles. The lowest BCUT2D eigenvalue weighted by atomic mass is 10.1. The Hall–Kier alpha value is -1.83. The summed E-state index contributed by atoms with van der Waals surface area (Å²) in [6.45, 7) is 0. The number of nitrogens with two attached hydrogens (primary N) is 1. The van der Waals surface area contributed by atoms with Gasteiger partial charge in [-0.2, -0.15) is 0 Å². The Kier molecular flexibility index (Phi) is 0.986. The highest BCUT2D eigenvalue weighted by atomic mass is 14.8. The van der Waals surface area contributed by atoms with Crippen LogP contribution in [0.1, 0.15) is 6.85 Å². The molecule has 1 heterocycles. The topological polar surface area (TPSA) is 38.9 Å². The van der Waals surface area contributed by atoms with Gasteiger partial charge in [0.15, 0.2) is 0 Å². The molecular formula is C11H10N2. The summed E-state index contributed by atoms with van der Waals surface area (Å²) >= 11 is 0. The molecule has 0 aliphatic heterocycles. The van der Waals surface area contributed by atoms with Gasteiger partial charge in [-0.25, -0.2) is 4.98 Å². The molecule has 0 unspecified atom stereocenters. The van der Waals surface area contributed by atoms with Crippen molar-refractivity contribution in [1.29, 1.82) is 0 Å². The molecule has 2 N–H and O–H groups in total. The first-order chi connectivity index (χ1) is 8.43. The van der Waals surface area contributed by atoms with E-state index in [0.717, 1.165) is 0 Å². The van der Waals surface area contributed by atoms with Crippen molar-refractivity contribution in [3.8, 4) is 11.1 Å². The predicted molar refractivity (Wildman–Crippen MR) is 54.1 cm³/mol. The number of anilines is 1. The van der Waals surface area contributed by atoms with Gasteiger partial charge < -0.3 is 5.73 Å². The second kappa shape index (κ2) is 3.27. The second-order valence-corrected chi connectivity index (χ2v) is 2.47. The Labute approximate surface area is 84.1 Å². The van der Waals surface area contributed by atoms with Crippen molar-refractivity contribution in [3.63, 3.8) is 0 Å². The first-order valence-electron chi connectivity index (χ1n) is 6.22. The van der Waals surface area contributed by atoms with E-state index in [9.17, 15) is 0 Å². The van der Waals surface area contributed by atoms with Gasteiger partial charge in [-0.1, -0.05) is 30.2 Å². The molecule has 0 fully saturated rings.